The minimum Gasteiger partial charge on any atom is -0.309 e. The molecule has 0 saturated carbocycles. The van der Waals surface area contributed by atoms with Crippen LogP contribution in [-0.2, 0) is 16.2 Å². The molecule has 14 rings (SSSR count). The number of aromatic nitrogens is 4. The maximum absolute atomic E-state index is 5.80. The van der Waals surface area contributed by atoms with Gasteiger partial charge in [-0.3, -0.25) is 4.90 Å². The highest BCUT2D eigenvalue weighted by Gasteiger charge is 2.42. The fourth-order valence-corrected chi connectivity index (χ4v) is 12.9. The summed E-state index contributed by atoms with van der Waals surface area (Å²) in [5.74, 6) is 1.77. The molecule has 3 aliphatic carbocycles. The van der Waals surface area contributed by atoms with Crippen LogP contribution in [0.4, 0.5) is 17.3 Å². The van der Waals surface area contributed by atoms with Crippen molar-refractivity contribution in [1.29, 1.82) is 0 Å². The van der Waals surface area contributed by atoms with Crippen molar-refractivity contribution in [2.75, 3.05) is 4.90 Å². The summed E-state index contributed by atoms with van der Waals surface area (Å²) in [5, 5.41) is 2.31. The molecule has 0 radical (unpaired) electrons. The van der Waals surface area contributed by atoms with Crippen molar-refractivity contribution < 1.29 is 0 Å². The summed E-state index contributed by atoms with van der Waals surface area (Å²) in [6, 6.07) is 73.0. The Balaban J connectivity index is 1.11. The van der Waals surface area contributed by atoms with Gasteiger partial charge in [-0.1, -0.05) is 199 Å². The van der Waals surface area contributed by atoms with E-state index in [-0.39, 0.29) is 16.2 Å². The second-order valence-electron chi connectivity index (χ2n) is 21.2. The first-order valence-corrected chi connectivity index (χ1v) is 24.9. The molecular formula is C66H51N5. The van der Waals surface area contributed by atoms with E-state index in [1.54, 1.807) is 0 Å². The maximum Gasteiger partial charge on any atom is 0.238 e. The zero-order chi connectivity index (χ0) is 48.0. The van der Waals surface area contributed by atoms with Crippen LogP contribution in [0.1, 0.15) is 74.9 Å². The molecular weight excluding hydrogens is 863 g/mol. The van der Waals surface area contributed by atoms with Gasteiger partial charge in [0.15, 0.2) is 11.6 Å². The van der Waals surface area contributed by atoms with Gasteiger partial charge in [0.25, 0.3) is 0 Å². The summed E-state index contributed by atoms with van der Waals surface area (Å²) in [6.07, 6.45) is 0. The molecule has 3 aliphatic rings. The minimum absolute atomic E-state index is 0.146. The lowest BCUT2D eigenvalue weighted by Gasteiger charge is -2.32. The van der Waals surface area contributed by atoms with Crippen LogP contribution in [0, 0.1) is 0 Å². The number of anilines is 3. The van der Waals surface area contributed by atoms with Crippen molar-refractivity contribution >= 4 is 39.1 Å². The molecule has 5 heteroatoms. The first-order chi connectivity index (χ1) is 34.5. The first-order valence-electron chi connectivity index (χ1n) is 24.9. The standard InChI is InChI=1S/C66H51N5/c1-64(2)50-30-14-11-24-43(50)49-39-40(37-38-53(49)64)61-67-62(48-29-18-28-46-44-25-13-17-34-55(44)70(60(46)48)41-21-8-7-9-22-41)69-63(68-61)71(56-35-20-33-54-58(56)47-26-12-16-32-52(47)65(54,3)4)57-36-19-27-45-42-23-10-15-31-51(42)66(5,6)59(45)57/h7-39H,1-6H3. The van der Waals surface area contributed by atoms with Gasteiger partial charge in [0.05, 0.1) is 22.4 Å². The van der Waals surface area contributed by atoms with Gasteiger partial charge in [-0.05, 0) is 104 Å². The molecule has 0 saturated heterocycles. The molecule has 0 fully saturated rings. The van der Waals surface area contributed by atoms with Crippen molar-refractivity contribution in [3.63, 3.8) is 0 Å². The maximum atomic E-state index is 5.80. The molecule has 0 spiro atoms. The molecule has 0 aliphatic heterocycles. The van der Waals surface area contributed by atoms with Crippen LogP contribution in [0.25, 0.3) is 83.6 Å². The molecule has 5 nitrogen and oxygen atoms in total. The Bertz CT molecular complexity index is 4040. The quantitative estimate of drug-likeness (QED) is 0.167. The Labute approximate surface area is 414 Å². The van der Waals surface area contributed by atoms with Crippen LogP contribution < -0.4 is 4.90 Å². The molecule has 0 unspecified atom stereocenters. The first kappa shape index (κ1) is 41.6. The summed E-state index contributed by atoms with van der Waals surface area (Å²) >= 11 is 0. The van der Waals surface area contributed by atoms with Gasteiger partial charge in [0, 0.05) is 49.4 Å². The van der Waals surface area contributed by atoms with Gasteiger partial charge >= 0.3 is 0 Å². The molecule has 11 aromatic rings. The van der Waals surface area contributed by atoms with Gasteiger partial charge in [-0.25, -0.2) is 4.98 Å². The molecule has 2 heterocycles. The summed E-state index contributed by atoms with van der Waals surface area (Å²) < 4.78 is 2.38. The predicted molar refractivity (Wildman–Crippen MR) is 292 cm³/mol. The molecule has 340 valence electrons. The fraction of sp³-hybridized carbons (Fsp3) is 0.136. The molecule has 2 aromatic heterocycles. The summed E-state index contributed by atoms with van der Waals surface area (Å²) in [4.78, 5) is 19.5. The lowest BCUT2D eigenvalue weighted by molar-refractivity contribution is 0.659. The number of fused-ring (bicyclic) bond motifs is 12. The van der Waals surface area contributed by atoms with Crippen LogP contribution in [0.3, 0.4) is 0 Å². The smallest absolute Gasteiger partial charge is 0.238 e. The van der Waals surface area contributed by atoms with Gasteiger partial charge < -0.3 is 4.57 Å². The van der Waals surface area contributed by atoms with Gasteiger partial charge in [0.1, 0.15) is 0 Å². The average Bonchev–Trinajstić information content (AvgIpc) is 4.03. The van der Waals surface area contributed by atoms with Crippen LogP contribution in [0.5, 0.6) is 0 Å². The molecule has 71 heavy (non-hydrogen) atoms. The van der Waals surface area contributed by atoms with E-state index in [1.807, 2.05) is 0 Å². The topological polar surface area (TPSA) is 46.8 Å². The Hall–Kier alpha value is -8.41. The Morgan fingerprint density at radius 2 is 0.915 bits per heavy atom. The Morgan fingerprint density at radius 1 is 0.380 bits per heavy atom. The largest absolute Gasteiger partial charge is 0.309 e. The summed E-state index contributed by atoms with van der Waals surface area (Å²) in [7, 11) is 0. The number of rotatable bonds is 6. The van der Waals surface area contributed by atoms with E-state index >= 15 is 0 Å². The highest BCUT2D eigenvalue weighted by atomic mass is 15.3. The van der Waals surface area contributed by atoms with Gasteiger partial charge in [-0.15, -0.1) is 0 Å². The number of benzene rings is 9. The van der Waals surface area contributed by atoms with E-state index in [2.05, 4.69) is 251 Å². The lowest BCUT2D eigenvalue weighted by Crippen LogP contribution is -2.23. The van der Waals surface area contributed by atoms with E-state index < -0.39 is 0 Å². The Morgan fingerprint density at radius 3 is 1.70 bits per heavy atom. The van der Waals surface area contributed by atoms with Gasteiger partial charge in [-0.2, -0.15) is 9.97 Å². The van der Waals surface area contributed by atoms with Crippen molar-refractivity contribution in [1.82, 2.24) is 19.5 Å². The number of hydrogen-bond acceptors (Lipinski definition) is 4. The van der Waals surface area contributed by atoms with Crippen molar-refractivity contribution in [3.05, 3.63) is 234 Å². The highest BCUT2D eigenvalue weighted by Crippen LogP contribution is 2.58. The highest BCUT2D eigenvalue weighted by molar-refractivity contribution is 6.13. The number of nitrogens with zero attached hydrogens (tertiary/aromatic N) is 5. The fourth-order valence-electron chi connectivity index (χ4n) is 12.9. The minimum atomic E-state index is -0.336. The van der Waals surface area contributed by atoms with Crippen LogP contribution in [-0.4, -0.2) is 19.5 Å². The van der Waals surface area contributed by atoms with Crippen LogP contribution in [0.2, 0.25) is 0 Å². The van der Waals surface area contributed by atoms with Gasteiger partial charge in [0.2, 0.25) is 5.95 Å². The molecule has 0 N–H and O–H groups in total. The predicted octanol–water partition coefficient (Wildman–Crippen LogP) is 16.7. The SMILES string of the molecule is CC1(C)c2ccccc2-c2cc(-c3nc(-c4cccc5c6ccccc6n(-c6ccccc6)c45)nc(N(c4cccc5c4-c4ccccc4C5(C)C)c4cccc5c4C(C)(C)c4ccccc4-5)n3)ccc21. The van der Waals surface area contributed by atoms with E-state index in [9.17, 15) is 0 Å². The van der Waals surface area contributed by atoms with E-state index in [0.717, 1.165) is 44.6 Å². The van der Waals surface area contributed by atoms with Crippen molar-refractivity contribution in [3.8, 4) is 61.8 Å². The van der Waals surface area contributed by atoms with Crippen molar-refractivity contribution in [2.45, 2.75) is 57.8 Å². The zero-order valence-electron chi connectivity index (χ0n) is 40.8. The number of para-hydroxylation sites is 3. The summed E-state index contributed by atoms with van der Waals surface area (Å²) in [5.41, 5.74) is 21.7. The van der Waals surface area contributed by atoms with Crippen LogP contribution in [0.15, 0.2) is 200 Å². The monoisotopic (exact) mass is 913 g/mol. The zero-order valence-corrected chi connectivity index (χ0v) is 40.8. The molecule has 9 aromatic carbocycles. The van der Waals surface area contributed by atoms with E-state index in [4.69, 9.17) is 15.0 Å². The van der Waals surface area contributed by atoms with Crippen LogP contribution >= 0.6 is 0 Å². The average molecular weight is 914 g/mol. The Kier molecular flexibility index (Phi) is 8.66. The normalized spacial score (nSPS) is 15.0. The molecule has 0 bridgehead atoms. The van der Waals surface area contributed by atoms with E-state index in [0.29, 0.717) is 17.6 Å². The summed E-state index contributed by atoms with van der Waals surface area (Å²) in [6.45, 7) is 14.1. The third-order valence-corrected chi connectivity index (χ3v) is 16.2. The third-order valence-electron chi connectivity index (χ3n) is 16.2. The molecule has 0 amide bonds. The van der Waals surface area contributed by atoms with Crippen molar-refractivity contribution in [2.24, 2.45) is 0 Å². The second-order valence-corrected chi connectivity index (χ2v) is 21.2. The lowest BCUT2D eigenvalue weighted by atomic mass is 9.81. The van der Waals surface area contributed by atoms with E-state index in [1.165, 1.54) is 72.1 Å². The second kappa shape index (κ2) is 14.8. The third kappa shape index (κ3) is 5.78. The number of hydrogen-bond donors (Lipinski definition) is 0. The molecule has 0 atom stereocenters.